The van der Waals surface area contributed by atoms with Gasteiger partial charge >= 0.3 is 6.03 Å². The van der Waals surface area contributed by atoms with Gasteiger partial charge in [-0.3, -0.25) is 0 Å². The molecular weight excluding hydrogens is 232 g/mol. The summed E-state index contributed by atoms with van der Waals surface area (Å²) < 4.78 is 0. The first kappa shape index (κ1) is 11.1. The molecule has 0 spiro atoms. The third-order valence-electron chi connectivity index (χ3n) is 3.79. The van der Waals surface area contributed by atoms with Crippen molar-refractivity contribution < 1.29 is 4.79 Å². The second-order valence-corrected chi connectivity index (χ2v) is 6.16. The summed E-state index contributed by atoms with van der Waals surface area (Å²) in [5.41, 5.74) is 1.44. The highest BCUT2D eigenvalue weighted by Crippen LogP contribution is 2.26. The fourth-order valence-corrected chi connectivity index (χ4v) is 3.66. The van der Waals surface area contributed by atoms with Crippen molar-refractivity contribution >= 4 is 17.4 Å². The highest BCUT2D eigenvalue weighted by atomic mass is 32.1. The van der Waals surface area contributed by atoms with Gasteiger partial charge in [-0.1, -0.05) is 6.92 Å². The summed E-state index contributed by atoms with van der Waals surface area (Å²) in [5, 5.41) is 2.14. The second kappa shape index (κ2) is 4.33. The third kappa shape index (κ3) is 2.06. The van der Waals surface area contributed by atoms with E-state index in [9.17, 15) is 4.79 Å². The topological polar surface area (TPSA) is 23.6 Å². The lowest BCUT2D eigenvalue weighted by atomic mass is 10.1. The maximum absolute atomic E-state index is 12.3. The average Bonchev–Trinajstić information content (AvgIpc) is 2.95. The fraction of sp³-hybridized carbons (Fsp3) is 0.615. The van der Waals surface area contributed by atoms with Crippen LogP contribution in [0.25, 0.3) is 0 Å². The molecule has 0 bridgehead atoms. The molecule has 1 atom stereocenters. The first-order valence-electron chi connectivity index (χ1n) is 6.33. The van der Waals surface area contributed by atoms with Gasteiger partial charge < -0.3 is 9.80 Å². The zero-order valence-corrected chi connectivity index (χ0v) is 11.0. The van der Waals surface area contributed by atoms with Gasteiger partial charge in [-0.05, 0) is 35.8 Å². The monoisotopic (exact) mass is 250 g/mol. The quantitative estimate of drug-likeness (QED) is 0.694. The Hall–Kier alpha value is -1.03. The smallest absolute Gasteiger partial charge is 0.320 e. The number of nitrogens with zero attached hydrogens (tertiary/aromatic N) is 2. The zero-order chi connectivity index (χ0) is 11.8. The Balaban J connectivity index is 1.68. The van der Waals surface area contributed by atoms with Crippen molar-refractivity contribution in [2.45, 2.75) is 26.3 Å². The molecule has 3 nitrogen and oxygen atoms in total. The molecule has 3 heterocycles. The number of thiophene rings is 1. The van der Waals surface area contributed by atoms with Gasteiger partial charge in [0.25, 0.3) is 0 Å². The first-order chi connectivity index (χ1) is 8.24. The lowest BCUT2D eigenvalue weighted by Crippen LogP contribution is -2.44. The first-order valence-corrected chi connectivity index (χ1v) is 7.21. The van der Waals surface area contributed by atoms with Crippen molar-refractivity contribution in [3.8, 4) is 0 Å². The van der Waals surface area contributed by atoms with Gasteiger partial charge in [0.15, 0.2) is 0 Å². The average molecular weight is 250 g/mol. The number of carbonyl (C=O) groups excluding carboxylic acids is 1. The van der Waals surface area contributed by atoms with Crippen LogP contribution in [0.3, 0.4) is 0 Å². The molecule has 1 fully saturated rings. The van der Waals surface area contributed by atoms with Crippen molar-refractivity contribution in [2.24, 2.45) is 5.92 Å². The van der Waals surface area contributed by atoms with Gasteiger partial charge in [-0.25, -0.2) is 4.79 Å². The summed E-state index contributed by atoms with van der Waals surface area (Å²) in [7, 11) is 0. The predicted molar refractivity (Wildman–Crippen MR) is 69.2 cm³/mol. The largest absolute Gasteiger partial charge is 0.324 e. The second-order valence-electron chi connectivity index (χ2n) is 5.16. The minimum absolute atomic E-state index is 0.244. The van der Waals surface area contributed by atoms with Crippen LogP contribution in [0.1, 0.15) is 23.8 Å². The number of carbonyl (C=O) groups is 1. The molecule has 17 heavy (non-hydrogen) atoms. The number of amides is 2. The minimum Gasteiger partial charge on any atom is -0.324 e. The van der Waals surface area contributed by atoms with E-state index in [4.69, 9.17) is 0 Å². The predicted octanol–water partition coefficient (Wildman–Crippen LogP) is 2.57. The van der Waals surface area contributed by atoms with E-state index in [1.807, 2.05) is 9.80 Å². The molecule has 0 radical (unpaired) electrons. The maximum Gasteiger partial charge on any atom is 0.320 e. The Morgan fingerprint density at radius 1 is 1.41 bits per heavy atom. The van der Waals surface area contributed by atoms with Gasteiger partial charge in [0.1, 0.15) is 0 Å². The molecule has 0 aliphatic carbocycles. The van der Waals surface area contributed by atoms with Gasteiger partial charge in [0, 0.05) is 24.5 Å². The molecule has 0 unspecified atom stereocenters. The Labute approximate surface area is 106 Å². The molecule has 0 N–H and O–H groups in total. The van der Waals surface area contributed by atoms with E-state index in [2.05, 4.69) is 18.4 Å². The van der Waals surface area contributed by atoms with E-state index >= 15 is 0 Å². The van der Waals surface area contributed by atoms with Crippen molar-refractivity contribution in [1.29, 1.82) is 0 Å². The van der Waals surface area contributed by atoms with Crippen LogP contribution < -0.4 is 0 Å². The molecule has 0 aromatic carbocycles. The molecule has 1 aromatic heterocycles. The Morgan fingerprint density at radius 3 is 3.06 bits per heavy atom. The lowest BCUT2D eigenvalue weighted by molar-refractivity contribution is 0.156. The standard InChI is InChI=1S/C13H18N2OS/c1-10-2-5-14(8-10)13(16)15-6-3-11-4-7-17-12(11)9-15/h4,7,10H,2-3,5-6,8-9H2,1H3/t10-/m0/s1. The van der Waals surface area contributed by atoms with Crippen LogP contribution in [0.2, 0.25) is 0 Å². The maximum atomic E-state index is 12.3. The normalized spacial score (nSPS) is 23.9. The van der Waals surface area contributed by atoms with Crippen LogP contribution in [0, 0.1) is 5.92 Å². The summed E-state index contributed by atoms with van der Waals surface area (Å²) in [6, 6.07) is 2.44. The van der Waals surface area contributed by atoms with E-state index in [0.29, 0.717) is 5.92 Å². The van der Waals surface area contributed by atoms with Gasteiger partial charge in [-0.2, -0.15) is 0 Å². The Kier molecular flexibility index (Phi) is 2.82. The van der Waals surface area contributed by atoms with E-state index < -0.39 is 0 Å². The molecule has 1 saturated heterocycles. The number of rotatable bonds is 0. The van der Waals surface area contributed by atoms with E-state index in [0.717, 1.165) is 39.0 Å². The van der Waals surface area contributed by atoms with E-state index in [1.165, 1.54) is 10.4 Å². The number of hydrogen-bond donors (Lipinski definition) is 0. The zero-order valence-electron chi connectivity index (χ0n) is 10.2. The Morgan fingerprint density at radius 2 is 2.29 bits per heavy atom. The number of likely N-dealkylation sites (tertiary alicyclic amines) is 1. The summed E-state index contributed by atoms with van der Waals surface area (Å²) in [6.07, 6.45) is 2.18. The molecule has 2 amide bonds. The van der Waals surface area contributed by atoms with E-state index in [1.54, 1.807) is 11.3 Å². The summed E-state index contributed by atoms with van der Waals surface area (Å²) in [4.78, 5) is 17.7. The fourth-order valence-electron chi connectivity index (χ4n) is 2.71. The highest BCUT2D eigenvalue weighted by Gasteiger charge is 2.29. The van der Waals surface area contributed by atoms with Gasteiger partial charge in [0.2, 0.25) is 0 Å². The third-order valence-corrected chi connectivity index (χ3v) is 4.74. The van der Waals surface area contributed by atoms with Gasteiger partial charge in [-0.15, -0.1) is 11.3 Å². The summed E-state index contributed by atoms with van der Waals surface area (Å²) in [5.74, 6) is 0.668. The van der Waals surface area contributed by atoms with Crippen molar-refractivity contribution in [3.63, 3.8) is 0 Å². The molecule has 2 aliphatic rings. The molecule has 4 heteroatoms. The summed E-state index contributed by atoms with van der Waals surface area (Å²) in [6.45, 7) is 5.80. The minimum atomic E-state index is 0.244. The SMILES string of the molecule is C[C@H]1CCN(C(=O)N2CCc3ccsc3C2)C1. The molecule has 3 rings (SSSR count). The molecule has 0 saturated carbocycles. The van der Waals surface area contributed by atoms with Crippen LogP contribution in [0.15, 0.2) is 11.4 Å². The number of fused-ring (bicyclic) bond motifs is 1. The van der Waals surface area contributed by atoms with E-state index in [-0.39, 0.29) is 6.03 Å². The van der Waals surface area contributed by atoms with Crippen LogP contribution in [0.5, 0.6) is 0 Å². The highest BCUT2D eigenvalue weighted by molar-refractivity contribution is 7.10. The molecule has 2 aliphatic heterocycles. The summed E-state index contributed by atoms with van der Waals surface area (Å²) >= 11 is 1.78. The van der Waals surface area contributed by atoms with Crippen LogP contribution in [-0.2, 0) is 13.0 Å². The van der Waals surface area contributed by atoms with Gasteiger partial charge in [0.05, 0.1) is 6.54 Å². The lowest BCUT2D eigenvalue weighted by Gasteiger charge is -2.31. The van der Waals surface area contributed by atoms with Crippen LogP contribution in [-0.4, -0.2) is 35.5 Å². The molecule has 92 valence electrons. The number of urea groups is 1. The Bertz CT molecular complexity index is 429. The van der Waals surface area contributed by atoms with Crippen LogP contribution in [0.4, 0.5) is 4.79 Å². The van der Waals surface area contributed by atoms with Crippen molar-refractivity contribution in [1.82, 2.24) is 9.80 Å². The molecule has 1 aromatic rings. The molecular formula is C13H18N2OS. The van der Waals surface area contributed by atoms with Crippen molar-refractivity contribution in [2.75, 3.05) is 19.6 Å². The number of hydrogen-bond acceptors (Lipinski definition) is 2. The van der Waals surface area contributed by atoms with Crippen LogP contribution >= 0.6 is 11.3 Å². The van der Waals surface area contributed by atoms with Crippen molar-refractivity contribution in [3.05, 3.63) is 21.9 Å².